The Kier molecular flexibility index (Phi) is 14.5. The molecule has 0 bridgehead atoms. The predicted octanol–water partition coefficient (Wildman–Crippen LogP) is 0.262. The van der Waals surface area contributed by atoms with E-state index in [4.69, 9.17) is 28.8 Å². The molecule has 1 saturated heterocycles. The first-order valence-electron chi connectivity index (χ1n) is 14.0. The van der Waals surface area contributed by atoms with Gasteiger partial charge in [-0.05, 0) is 26.7 Å². The van der Waals surface area contributed by atoms with Crippen molar-refractivity contribution in [2.24, 2.45) is 11.7 Å². The number of aliphatic hydroxyl groups excluding tert-OH is 1. The first-order valence-corrected chi connectivity index (χ1v) is 15.5. The SMILES string of the molecule is CCOC(=O)OCOP(=O)(OCOC(=O)OCC)OC[C@@]1(CF)OC(n2ccc(=O)n(COC(=O)C(N)C(C)C)c2=O)[C@](C)(O)[C@@H]1O. The molecule has 0 spiro atoms. The van der Waals surface area contributed by atoms with Crippen molar-refractivity contribution in [1.82, 2.24) is 9.13 Å². The average molecular weight is 704 g/mol. The second-order valence-corrected chi connectivity index (χ2v) is 12.0. The van der Waals surface area contributed by atoms with Crippen molar-refractivity contribution in [3.8, 4) is 0 Å². The van der Waals surface area contributed by atoms with Gasteiger partial charge in [-0.2, -0.15) is 0 Å². The van der Waals surface area contributed by atoms with Crippen molar-refractivity contribution in [1.29, 1.82) is 0 Å². The van der Waals surface area contributed by atoms with Gasteiger partial charge in [-0.3, -0.25) is 18.7 Å². The van der Waals surface area contributed by atoms with Gasteiger partial charge < -0.3 is 44.4 Å². The quantitative estimate of drug-likeness (QED) is 0.0850. The maximum absolute atomic E-state index is 14.7. The second kappa shape index (κ2) is 17.1. The van der Waals surface area contributed by atoms with E-state index in [0.717, 1.165) is 19.2 Å². The number of esters is 1. The van der Waals surface area contributed by atoms with E-state index >= 15 is 0 Å². The van der Waals surface area contributed by atoms with Crippen LogP contribution in [0.2, 0.25) is 0 Å². The van der Waals surface area contributed by atoms with Crippen LogP contribution < -0.4 is 17.0 Å². The smallest absolute Gasteiger partial charge is 0.442 e. The number of phosphoric ester groups is 1. The molecule has 0 aliphatic carbocycles. The van der Waals surface area contributed by atoms with Crippen molar-refractivity contribution in [3.63, 3.8) is 0 Å². The number of nitrogens with two attached hydrogens (primary N) is 1. The van der Waals surface area contributed by atoms with Crippen LogP contribution in [0.15, 0.2) is 21.9 Å². The highest BCUT2D eigenvalue weighted by Gasteiger charge is 2.63. The molecule has 0 aromatic carbocycles. The van der Waals surface area contributed by atoms with Crippen LogP contribution in [0.25, 0.3) is 0 Å². The van der Waals surface area contributed by atoms with Gasteiger partial charge in [0.2, 0.25) is 13.6 Å². The second-order valence-electron chi connectivity index (χ2n) is 10.3. The largest absolute Gasteiger partial charge is 0.510 e. The van der Waals surface area contributed by atoms with Gasteiger partial charge in [-0.15, -0.1) is 0 Å². The van der Waals surface area contributed by atoms with Gasteiger partial charge in [-0.25, -0.2) is 37.0 Å². The zero-order valence-corrected chi connectivity index (χ0v) is 27.1. The first kappa shape index (κ1) is 39.7. The lowest BCUT2D eigenvalue weighted by molar-refractivity contribution is -0.151. The van der Waals surface area contributed by atoms with E-state index in [1.54, 1.807) is 13.8 Å². The minimum absolute atomic E-state index is 0.0791. The zero-order chi connectivity index (χ0) is 35.6. The summed E-state index contributed by atoms with van der Waals surface area (Å²) < 4.78 is 72.6. The topological polar surface area (TPSA) is 262 Å². The van der Waals surface area contributed by atoms with Gasteiger partial charge in [0, 0.05) is 12.3 Å². The molecule has 47 heavy (non-hydrogen) atoms. The van der Waals surface area contributed by atoms with Crippen LogP contribution in [0.5, 0.6) is 0 Å². The number of alkyl halides is 1. The summed E-state index contributed by atoms with van der Waals surface area (Å²) >= 11 is 0. The lowest BCUT2D eigenvalue weighted by Gasteiger charge is -2.31. The molecule has 1 aromatic rings. The zero-order valence-electron chi connectivity index (χ0n) is 26.2. The number of hydrogen-bond donors (Lipinski definition) is 3. The third-order valence-electron chi connectivity index (χ3n) is 6.57. The Morgan fingerprint density at radius 3 is 2.09 bits per heavy atom. The molecule has 2 heterocycles. The summed E-state index contributed by atoms with van der Waals surface area (Å²) in [5.74, 6) is -1.24. The molecular weight excluding hydrogens is 664 g/mol. The number of aliphatic hydroxyl groups is 2. The third kappa shape index (κ3) is 10.0. The number of carbonyl (C=O) groups is 3. The number of nitrogens with zero attached hydrogens (tertiary/aromatic N) is 2. The molecule has 1 aliphatic heterocycles. The molecule has 4 N–H and O–H groups in total. The van der Waals surface area contributed by atoms with Gasteiger partial charge in [0.1, 0.15) is 24.4 Å². The molecule has 1 fully saturated rings. The van der Waals surface area contributed by atoms with E-state index in [1.165, 1.54) is 13.8 Å². The fourth-order valence-electron chi connectivity index (χ4n) is 3.89. The Bertz CT molecular complexity index is 1370. The number of aromatic nitrogens is 2. The van der Waals surface area contributed by atoms with Crippen molar-refractivity contribution >= 4 is 26.1 Å². The summed E-state index contributed by atoms with van der Waals surface area (Å²) in [6.07, 6.45) is -5.75. The minimum atomic E-state index is -4.97. The maximum Gasteiger partial charge on any atom is 0.510 e. The summed E-state index contributed by atoms with van der Waals surface area (Å²) in [6.45, 7) is 1.09. The summed E-state index contributed by atoms with van der Waals surface area (Å²) in [5, 5.41) is 22.2. The maximum atomic E-state index is 14.7. The van der Waals surface area contributed by atoms with Crippen LogP contribution in [0, 0.1) is 5.92 Å². The van der Waals surface area contributed by atoms with Crippen LogP contribution in [-0.4, -0.2) is 101 Å². The lowest BCUT2D eigenvalue weighted by atomic mass is 9.88. The fraction of sp³-hybridized carbons (Fsp3) is 0.720. The Labute approximate surface area is 266 Å². The van der Waals surface area contributed by atoms with Crippen LogP contribution in [-0.2, 0) is 58.1 Å². The Balaban J connectivity index is 2.33. The Morgan fingerprint density at radius 2 is 1.60 bits per heavy atom. The van der Waals surface area contributed by atoms with Crippen LogP contribution in [0.4, 0.5) is 14.0 Å². The monoisotopic (exact) mass is 703 g/mol. The van der Waals surface area contributed by atoms with Crippen molar-refractivity contribution in [2.75, 3.05) is 40.1 Å². The van der Waals surface area contributed by atoms with Crippen molar-refractivity contribution in [3.05, 3.63) is 33.1 Å². The van der Waals surface area contributed by atoms with Crippen molar-refractivity contribution < 1.29 is 75.5 Å². The van der Waals surface area contributed by atoms with Gasteiger partial charge in [0.25, 0.3) is 5.56 Å². The Hall–Kier alpha value is -3.43. The number of ether oxygens (including phenoxy) is 6. The summed E-state index contributed by atoms with van der Waals surface area (Å²) in [5.41, 5.74) is -1.50. The van der Waals surface area contributed by atoms with E-state index < -0.39 is 101 Å². The number of carbonyl (C=O) groups excluding carboxylic acids is 3. The standard InChI is InChI=1S/C25H39FN3O17P/c1-6-38-22(34)41-13-44-47(37,45-14-42-23(35)39-7-2)43-11-25(10-26)19(32)24(5,36)20(46-25)28-9-8-16(30)29(21(28)33)12-40-18(31)17(27)15(3)4/h8-9,15,17,19-20,32,36H,6-7,10-14,27H2,1-5H3/t17?,19-,20?,24+,25+/m0/s1. The highest BCUT2D eigenvalue weighted by molar-refractivity contribution is 7.48. The van der Waals surface area contributed by atoms with Crippen LogP contribution >= 0.6 is 7.82 Å². The van der Waals surface area contributed by atoms with E-state index in [9.17, 15) is 43.1 Å². The number of hydrogen-bond acceptors (Lipinski definition) is 18. The highest BCUT2D eigenvalue weighted by Crippen LogP contribution is 2.52. The fourth-order valence-corrected chi connectivity index (χ4v) is 4.85. The molecule has 268 valence electrons. The average Bonchev–Trinajstić information content (AvgIpc) is 3.20. The molecule has 1 aromatic heterocycles. The molecule has 5 atom stereocenters. The van der Waals surface area contributed by atoms with Gasteiger partial charge in [0.15, 0.2) is 18.6 Å². The summed E-state index contributed by atoms with van der Waals surface area (Å²) in [7, 11) is -4.97. The Morgan fingerprint density at radius 1 is 1.04 bits per heavy atom. The summed E-state index contributed by atoms with van der Waals surface area (Å²) in [6, 6.07) is -0.216. The van der Waals surface area contributed by atoms with Crippen molar-refractivity contribution in [2.45, 2.75) is 70.9 Å². The number of phosphoric acid groups is 1. The molecule has 2 unspecified atom stereocenters. The summed E-state index contributed by atoms with van der Waals surface area (Å²) in [4.78, 5) is 60.8. The normalized spacial score (nSPS) is 23.3. The molecule has 0 saturated carbocycles. The van der Waals surface area contributed by atoms with E-state index in [2.05, 4.69) is 18.9 Å². The lowest BCUT2D eigenvalue weighted by Crippen LogP contribution is -2.53. The third-order valence-corrected chi connectivity index (χ3v) is 7.85. The molecule has 2 rings (SSSR count). The molecule has 1 aliphatic rings. The number of halogens is 1. The van der Waals surface area contributed by atoms with Gasteiger partial charge in [-0.1, -0.05) is 13.8 Å². The molecule has 22 heteroatoms. The van der Waals surface area contributed by atoms with Gasteiger partial charge in [0.05, 0.1) is 19.8 Å². The minimum Gasteiger partial charge on any atom is -0.442 e. The van der Waals surface area contributed by atoms with E-state index in [1.807, 2.05) is 0 Å². The van der Waals surface area contributed by atoms with E-state index in [-0.39, 0.29) is 19.1 Å². The molecule has 0 radical (unpaired) electrons. The van der Waals surface area contributed by atoms with Gasteiger partial charge >= 0.3 is 31.8 Å². The molecular formula is C25H39FN3O17P. The van der Waals surface area contributed by atoms with Crippen LogP contribution in [0.3, 0.4) is 0 Å². The first-order chi connectivity index (χ1) is 22.0. The predicted molar refractivity (Wildman–Crippen MR) is 151 cm³/mol. The molecule has 20 nitrogen and oxygen atoms in total. The highest BCUT2D eigenvalue weighted by atomic mass is 31.2. The van der Waals surface area contributed by atoms with Crippen LogP contribution in [0.1, 0.15) is 40.8 Å². The molecule has 0 amide bonds. The number of rotatable bonds is 17. The van der Waals surface area contributed by atoms with E-state index in [0.29, 0.717) is 9.13 Å².